The van der Waals surface area contributed by atoms with Crippen LogP contribution in [0.3, 0.4) is 0 Å². The number of thiazole rings is 1. The first-order valence-electron chi connectivity index (χ1n) is 9.58. The molecule has 0 aliphatic heterocycles. The van der Waals surface area contributed by atoms with Gasteiger partial charge in [-0.3, -0.25) is 10.1 Å². The van der Waals surface area contributed by atoms with Gasteiger partial charge in [0, 0.05) is 12.3 Å². The topological polar surface area (TPSA) is 81.9 Å². The highest BCUT2D eigenvalue weighted by atomic mass is 32.1. The van der Waals surface area contributed by atoms with E-state index in [2.05, 4.69) is 20.4 Å². The number of carbonyl (C=O) groups excluding carboxylic acids is 1. The van der Waals surface area contributed by atoms with Crippen LogP contribution in [-0.4, -0.2) is 25.7 Å². The highest BCUT2D eigenvalue weighted by Gasteiger charge is 2.17. The Morgan fingerprint density at radius 3 is 2.68 bits per heavy atom. The van der Waals surface area contributed by atoms with Crippen LogP contribution in [0.5, 0.6) is 11.5 Å². The Hall–Kier alpha value is -4.04. The van der Waals surface area contributed by atoms with Crippen molar-refractivity contribution in [3.05, 3.63) is 90.4 Å². The van der Waals surface area contributed by atoms with Crippen LogP contribution in [0.25, 0.3) is 16.0 Å². The van der Waals surface area contributed by atoms with Gasteiger partial charge in [-0.15, -0.1) is 0 Å². The summed E-state index contributed by atoms with van der Waals surface area (Å²) in [5.74, 6) is 1.87. The Morgan fingerprint density at radius 2 is 1.87 bits per heavy atom. The van der Waals surface area contributed by atoms with Gasteiger partial charge in [0.25, 0.3) is 5.91 Å². The van der Waals surface area contributed by atoms with Gasteiger partial charge in [0.1, 0.15) is 11.5 Å². The van der Waals surface area contributed by atoms with Crippen molar-refractivity contribution in [2.75, 3.05) is 5.32 Å². The maximum Gasteiger partial charge on any atom is 0.260 e. The fraction of sp³-hybridized carbons (Fsp3) is 0.0435. The molecule has 7 nitrogen and oxygen atoms in total. The molecule has 0 aliphatic carbocycles. The number of rotatable bonds is 5. The van der Waals surface area contributed by atoms with Gasteiger partial charge in [0.05, 0.1) is 27.7 Å². The molecule has 31 heavy (non-hydrogen) atoms. The number of pyridine rings is 1. The van der Waals surface area contributed by atoms with Crippen LogP contribution in [0, 0.1) is 6.92 Å². The number of amides is 1. The van der Waals surface area contributed by atoms with E-state index in [4.69, 9.17) is 4.74 Å². The average Bonchev–Trinajstić information content (AvgIpc) is 3.37. The summed E-state index contributed by atoms with van der Waals surface area (Å²) in [5.41, 5.74) is 1.97. The Balaban J connectivity index is 1.36. The number of para-hydroxylation sites is 1. The predicted octanol–water partition coefficient (Wildman–Crippen LogP) is 5.23. The summed E-state index contributed by atoms with van der Waals surface area (Å²) < 4.78 is 8.44. The van der Waals surface area contributed by atoms with E-state index in [1.54, 1.807) is 17.1 Å². The summed E-state index contributed by atoms with van der Waals surface area (Å²) in [6.07, 6.45) is 3.23. The quantitative estimate of drug-likeness (QED) is 0.415. The van der Waals surface area contributed by atoms with E-state index in [1.807, 2.05) is 73.7 Å². The fourth-order valence-electron chi connectivity index (χ4n) is 3.15. The summed E-state index contributed by atoms with van der Waals surface area (Å²) in [5, 5.41) is 7.69. The highest BCUT2D eigenvalue weighted by molar-refractivity contribution is 7.22. The lowest BCUT2D eigenvalue weighted by molar-refractivity contribution is 0.102. The summed E-state index contributed by atoms with van der Waals surface area (Å²) in [4.78, 5) is 21.6. The van der Waals surface area contributed by atoms with Crippen molar-refractivity contribution >= 4 is 32.6 Å². The summed E-state index contributed by atoms with van der Waals surface area (Å²) in [7, 11) is 0. The third-order valence-electron chi connectivity index (χ3n) is 4.68. The van der Waals surface area contributed by atoms with Crippen molar-refractivity contribution in [2.45, 2.75) is 6.92 Å². The minimum Gasteiger partial charge on any atom is -0.457 e. The number of benzene rings is 2. The lowest BCUT2D eigenvalue weighted by Crippen LogP contribution is -2.13. The molecule has 5 aromatic rings. The number of hydrogen-bond acceptors (Lipinski definition) is 6. The molecule has 0 bridgehead atoms. The van der Waals surface area contributed by atoms with Gasteiger partial charge in [-0.25, -0.2) is 14.6 Å². The number of ether oxygens (including phenoxy) is 1. The number of nitrogens with zero attached hydrogens (tertiary/aromatic N) is 4. The highest BCUT2D eigenvalue weighted by Crippen LogP contribution is 2.31. The lowest BCUT2D eigenvalue weighted by atomic mass is 10.2. The summed E-state index contributed by atoms with van der Waals surface area (Å²) in [6.45, 7) is 1.84. The third-order valence-corrected chi connectivity index (χ3v) is 5.61. The second-order valence-corrected chi connectivity index (χ2v) is 7.79. The van der Waals surface area contributed by atoms with E-state index >= 15 is 0 Å². The molecule has 0 aliphatic rings. The number of anilines is 1. The molecule has 0 radical (unpaired) electrons. The molecule has 0 unspecified atom stereocenters. The maximum absolute atomic E-state index is 12.8. The Labute approximate surface area is 182 Å². The van der Waals surface area contributed by atoms with Crippen LogP contribution >= 0.6 is 11.3 Å². The van der Waals surface area contributed by atoms with Crippen molar-refractivity contribution in [3.8, 4) is 17.3 Å². The Morgan fingerprint density at radius 1 is 1.03 bits per heavy atom. The molecule has 0 saturated carbocycles. The van der Waals surface area contributed by atoms with E-state index in [9.17, 15) is 4.79 Å². The number of fused-ring (bicyclic) bond motifs is 1. The van der Waals surface area contributed by atoms with Crippen LogP contribution in [0.1, 0.15) is 16.1 Å². The second-order valence-electron chi connectivity index (χ2n) is 6.76. The SMILES string of the molecule is Cc1c(C(=O)Nc2nc3ccc(Oc4ccccc4)cc3s2)cnn1-c1ccccn1. The van der Waals surface area contributed by atoms with Crippen molar-refractivity contribution in [3.63, 3.8) is 0 Å². The van der Waals surface area contributed by atoms with Gasteiger partial charge in [0.2, 0.25) is 0 Å². The van der Waals surface area contributed by atoms with Gasteiger partial charge in [-0.2, -0.15) is 5.10 Å². The Bertz CT molecular complexity index is 1360. The van der Waals surface area contributed by atoms with Crippen molar-refractivity contribution in [2.24, 2.45) is 0 Å². The van der Waals surface area contributed by atoms with Gasteiger partial charge in [-0.1, -0.05) is 35.6 Å². The van der Waals surface area contributed by atoms with E-state index in [0.29, 0.717) is 28.0 Å². The van der Waals surface area contributed by atoms with Crippen LogP contribution < -0.4 is 10.1 Å². The summed E-state index contributed by atoms with van der Waals surface area (Å²) in [6, 6.07) is 20.8. The Kier molecular flexibility index (Phi) is 4.89. The van der Waals surface area contributed by atoms with Crippen molar-refractivity contribution in [1.82, 2.24) is 19.7 Å². The molecule has 0 fully saturated rings. The zero-order chi connectivity index (χ0) is 21.2. The molecular formula is C23H17N5O2S. The maximum atomic E-state index is 12.8. The monoisotopic (exact) mass is 427 g/mol. The molecule has 5 rings (SSSR count). The molecule has 1 amide bonds. The van der Waals surface area contributed by atoms with Crippen LogP contribution in [-0.2, 0) is 0 Å². The third kappa shape index (κ3) is 3.88. The molecule has 0 atom stereocenters. The summed E-state index contributed by atoms with van der Waals surface area (Å²) >= 11 is 1.39. The van der Waals surface area contributed by atoms with Gasteiger partial charge in [0.15, 0.2) is 10.9 Å². The molecular weight excluding hydrogens is 410 g/mol. The van der Waals surface area contributed by atoms with E-state index in [1.165, 1.54) is 11.3 Å². The second kappa shape index (κ2) is 8.00. The minimum atomic E-state index is -0.264. The standard InChI is InChI=1S/C23H17N5O2S/c1-15-18(14-25-28(15)21-9-5-6-12-24-21)22(29)27-23-26-19-11-10-17(13-20(19)31-23)30-16-7-3-2-4-8-16/h2-14H,1H3,(H,26,27,29). The van der Waals surface area contributed by atoms with E-state index in [-0.39, 0.29) is 5.91 Å². The van der Waals surface area contributed by atoms with Crippen LogP contribution in [0.2, 0.25) is 0 Å². The first-order chi connectivity index (χ1) is 15.2. The smallest absolute Gasteiger partial charge is 0.260 e. The molecule has 0 saturated heterocycles. The lowest BCUT2D eigenvalue weighted by Gasteiger charge is -2.04. The van der Waals surface area contributed by atoms with Crippen molar-refractivity contribution in [1.29, 1.82) is 0 Å². The molecule has 3 aromatic heterocycles. The van der Waals surface area contributed by atoms with Crippen LogP contribution in [0.4, 0.5) is 5.13 Å². The fourth-order valence-corrected chi connectivity index (χ4v) is 4.04. The normalized spacial score (nSPS) is 10.9. The average molecular weight is 427 g/mol. The number of hydrogen-bond donors (Lipinski definition) is 1. The zero-order valence-electron chi connectivity index (χ0n) is 16.5. The van der Waals surface area contributed by atoms with Gasteiger partial charge >= 0.3 is 0 Å². The minimum absolute atomic E-state index is 0.264. The first kappa shape index (κ1) is 19.0. The molecule has 3 heterocycles. The van der Waals surface area contributed by atoms with Crippen molar-refractivity contribution < 1.29 is 9.53 Å². The van der Waals surface area contributed by atoms with E-state index < -0.39 is 0 Å². The molecule has 1 N–H and O–H groups in total. The van der Waals surface area contributed by atoms with Crippen LogP contribution in [0.15, 0.2) is 79.1 Å². The molecule has 0 spiro atoms. The number of carbonyl (C=O) groups is 1. The predicted molar refractivity (Wildman–Crippen MR) is 120 cm³/mol. The first-order valence-corrected chi connectivity index (χ1v) is 10.4. The zero-order valence-corrected chi connectivity index (χ0v) is 17.3. The number of nitrogens with one attached hydrogen (secondary N) is 1. The molecule has 2 aromatic carbocycles. The largest absolute Gasteiger partial charge is 0.457 e. The number of aromatic nitrogens is 4. The molecule has 152 valence electrons. The molecule has 8 heteroatoms. The van der Waals surface area contributed by atoms with Gasteiger partial charge in [-0.05, 0) is 43.3 Å². The van der Waals surface area contributed by atoms with E-state index in [0.717, 1.165) is 16.0 Å². The van der Waals surface area contributed by atoms with Gasteiger partial charge < -0.3 is 4.74 Å².